The van der Waals surface area contributed by atoms with Gasteiger partial charge in [-0.15, -0.1) is 11.3 Å². The molecule has 5 rings (SSSR count). The first-order valence-electron chi connectivity index (χ1n) is 11.3. The van der Waals surface area contributed by atoms with Gasteiger partial charge in [-0.05, 0) is 59.4 Å². The van der Waals surface area contributed by atoms with E-state index in [2.05, 4.69) is 54.4 Å². The summed E-state index contributed by atoms with van der Waals surface area (Å²) < 4.78 is 26.9. The molecular weight excluding hydrogens is 468 g/mol. The van der Waals surface area contributed by atoms with Crippen molar-refractivity contribution in [3.63, 3.8) is 0 Å². The van der Waals surface area contributed by atoms with Gasteiger partial charge in [-0.2, -0.15) is 4.31 Å². The molecule has 1 atom stereocenters. The van der Waals surface area contributed by atoms with Crippen LogP contribution >= 0.6 is 11.3 Å². The second-order valence-electron chi connectivity index (χ2n) is 8.72. The molecule has 1 unspecified atom stereocenters. The molecule has 2 aliphatic rings. The molecule has 3 heterocycles. The third-order valence-corrected chi connectivity index (χ3v) is 9.72. The fourth-order valence-electron chi connectivity index (χ4n) is 4.69. The molecule has 0 radical (unpaired) electrons. The van der Waals surface area contributed by atoms with E-state index >= 15 is 0 Å². The predicted molar refractivity (Wildman–Crippen MR) is 137 cm³/mol. The van der Waals surface area contributed by atoms with Crippen molar-refractivity contribution in [3.05, 3.63) is 69.4 Å². The van der Waals surface area contributed by atoms with E-state index in [-0.39, 0.29) is 17.9 Å². The van der Waals surface area contributed by atoms with Gasteiger partial charge in [0.15, 0.2) is 0 Å². The number of anilines is 1. The van der Waals surface area contributed by atoms with E-state index in [0.29, 0.717) is 4.88 Å². The summed E-state index contributed by atoms with van der Waals surface area (Å²) in [5.41, 5.74) is 6.10. The van der Waals surface area contributed by atoms with Crippen LogP contribution in [0.25, 0.3) is 23.3 Å². The van der Waals surface area contributed by atoms with Crippen molar-refractivity contribution in [2.75, 3.05) is 18.5 Å². The summed E-state index contributed by atoms with van der Waals surface area (Å²) in [5.74, 6) is -1.11. The van der Waals surface area contributed by atoms with Gasteiger partial charge in [-0.1, -0.05) is 43.3 Å². The number of hydrogen-bond donors (Lipinski definition) is 1. The number of hydrogen-bond acceptors (Lipinski definition) is 5. The number of carboxylic acids is 1. The number of nitrogens with zero attached hydrogens (tertiary/aromatic N) is 2. The van der Waals surface area contributed by atoms with Crippen LogP contribution in [0, 0.1) is 0 Å². The van der Waals surface area contributed by atoms with Gasteiger partial charge in [0.05, 0.1) is 11.4 Å². The highest BCUT2D eigenvalue weighted by Crippen LogP contribution is 2.39. The number of carboxylic acid groups (broad SMARTS) is 1. The highest BCUT2D eigenvalue weighted by molar-refractivity contribution is 7.89. The lowest BCUT2D eigenvalue weighted by Crippen LogP contribution is -2.40. The summed E-state index contributed by atoms with van der Waals surface area (Å²) in [5, 5.41) is 9.38. The maximum Gasteiger partial charge on any atom is 0.322 e. The largest absolute Gasteiger partial charge is 0.480 e. The van der Waals surface area contributed by atoms with Gasteiger partial charge in [0.25, 0.3) is 0 Å². The molecule has 34 heavy (non-hydrogen) atoms. The number of fused-ring (bicyclic) bond motifs is 2. The molecule has 6 nitrogen and oxygen atoms in total. The molecule has 2 aromatic carbocycles. The maximum atomic E-state index is 12.9. The van der Waals surface area contributed by atoms with Crippen LogP contribution in [0.15, 0.2) is 53.4 Å². The molecule has 1 N–H and O–H groups in total. The second kappa shape index (κ2) is 8.69. The van der Waals surface area contributed by atoms with Gasteiger partial charge in [0.1, 0.15) is 6.04 Å². The van der Waals surface area contributed by atoms with Crippen LogP contribution in [0.5, 0.6) is 0 Å². The second-order valence-corrected chi connectivity index (χ2v) is 11.7. The molecule has 0 saturated heterocycles. The van der Waals surface area contributed by atoms with Crippen LogP contribution in [-0.4, -0.2) is 43.4 Å². The quantitative estimate of drug-likeness (QED) is 0.525. The van der Waals surface area contributed by atoms with Crippen molar-refractivity contribution in [1.29, 1.82) is 0 Å². The molecule has 0 fully saturated rings. The number of sulfonamides is 1. The summed E-state index contributed by atoms with van der Waals surface area (Å²) in [6.45, 7) is 2.86. The predicted octanol–water partition coefficient (Wildman–Crippen LogP) is 4.95. The Labute approximate surface area is 203 Å². The number of benzene rings is 2. The van der Waals surface area contributed by atoms with E-state index in [1.165, 1.54) is 33.7 Å². The summed E-state index contributed by atoms with van der Waals surface area (Å²) in [4.78, 5) is 15.5. The fraction of sp³-hybridized carbons (Fsp3) is 0.269. The zero-order valence-electron chi connectivity index (χ0n) is 19.1. The zero-order chi connectivity index (χ0) is 24.0. The van der Waals surface area contributed by atoms with Crippen molar-refractivity contribution < 1.29 is 18.3 Å². The third kappa shape index (κ3) is 3.96. The Morgan fingerprint density at radius 1 is 1.12 bits per heavy atom. The Hall–Kier alpha value is -2.94. The lowest BCUT2D eigenvalue weighted by molar-refractivity contribution is -0.141. The van der Waals surface area contributed by atoms with E-state index in [9.17, 15) is 18.3 Å². The van der Waals surface area contributed by atoms with Crippen LogP contribution < -0.4 is 4.90 Å². The summed E-state index contributed by atoms with van der Waals surface area (Å²) in [6, 6.07) is 15.6. The van der Waals surface area contributed by atoms with Crippen molar-refractivity contribution in [3.8, 4) is 11.1 Å². The summed E-state index contributed by atoms with van der Waals surface area (Å²) >= 11 is 1.39. The first-order valence-corrected chi connectivity index (χ1v) is 13.5. The number of carbonyl (C=O) groups is 1. The first-order chi connectivity index (χ1) is 16.3. The lowest BCUT2D eigenvalue weighted by atomic mass is 10.0. The molecule has 0 amide bonds. The van der Waals surface area contributed by atoms with E-state index in [1.807, 2.05) is 12.2 Å². The summed E-state index contributed by atoms with van der Waals surface area (Å²) in [7, 11) is -1.66. The van der Waals surface area contributed by atoms with Gasteiger partial charge in [0, 0.05) is 29.0 Å². The standard InChI is InChI=1S/C26H26N2O4S2/c1-3-22(26(29)30)28-16-24-25(34(28,31)32)15-21(33-24)10-6-17-4-7-18(8-5-17)19-9-11-23-20(14-19)12-13-27(23)2/h4-11,14-15,22H,3,12-13,16H2,1-2H3,(H,29,30)/b10-6+. The SMILES string of the molecule is CCC(C(=O)O)N1Cc2sc(/C=C/c3ccc(-c4ccc5c(c4)CCN5C)cc3)cc2S1(=O)=O. The van der Waals surface area contributed by atoms with Crippen molar-refractivity contribution >= 4 is 45.2 Å². The minimum atomic E-state index is -3.78. The number of rotatable bonds is 6. The Kier molecular flexibility index (Phi) is 5.83. The highest BCUT2D eigenvalue weighted by atomic mass is 32.2. The molecule has 0 saturated carbocycles. The highest BCUT2D eigenvalue weighted by Gasteiger charge is 2.42. The normalized spacial score (nSPS) is 17.8. The molecule has 8 heteroatoms. The van der Waals surface area contributed by atoms with Gasteiger partial charge < -0.3 is 10.0 Å². The molecule has 0 aliphatic carbocycles. The van der Waals surface area contributed by atoms with E-state index in [0.717, 1.165) is 27.7 Å². The van der Waals surface area contributed by atoms with Gasteiger partial charge in [-0.25, -0.2) is 8.42 Å². The topological polar surface area (TPSA) is 77.9 Å². The van der Waals surface area contributed by atoms with Gasteiger partial charge in [0.2, 0.25) is 10.0 Å². The number of likely N-dealkylation sites (N-methyl/N-ethyl adjacent to an activating group) is 1. The average Bonchev–Trinajstić information content (AvgIpc) is 3.47. The Morgan fingerprint density at radius 3 is 2.53 bits per heavy atom. The van der Waals surface area contributed by atoms with Crippen molar-refractivity contribution in [1.82, 2.24) is 4.31 Å². The van der Waals surface area contributed by atoms with Crippen molar-refractivity contribution in [2.24, 2.45) is 0 Å². The van der Waals surface area contributed by atoms with Crippen molar-refractivity contribution in [2.45, 2.75) is 37.2 Å². The Morgan fingerprint density at radius 2 is 1.85 bits per heavy atom. The van der Waals surface area contributed by atoms with Gasteiger partial charge in [-0.3, -0.25) is 4.79 Å². The van der Waals surface area contributed by atoms with Crippen LogP contribution in [0.1, 0.15) is 34.2 Å². The van der Waals surface area contributed by atoms with Gasteiger partial charge >= 0.3 is 5.97 Å². The van der Waals surface area contributed by atoms with E-state index in [1.54, 1.807) is 13.0 Å². The van der Waals surface area contributed by atoms with Crippen LogP contribution in [0.4, 0.5) is 5.69 Å². The van der Waals surface area contributed by atoms with Crippen LogP contribution in [-0.2, 0) is 27.8 Å². The minimum absolute atomic E-state index is 0.117. The lowest BCUT2D eigenvalue weighted by Gasteiger charge is -2.21. The Balaban J connectivity index is 1.32. The average molecular weight is 495 g/mol. The molecule has 2 aliphatic heterocycles. The molecule has 3 aromatic rings. The van der Waals surface area contributed by atoms with Crippen LogP contribution in [0.2, 0.25) is 0 Å². The minimum Gasteiger partial charge on any atom is -0.480 e. The number of thiophene rings is 1. The van der Waals surface area contributed by atoms with Crippen LogP contribution in [0.3, 0.4) is 0 Å². The third-order valence-electron chi connectivity index (χ3n) is 6.59. The molecule has 0 spiro atoms. The Bertz CT molecular complexity index is 1390. The smallest absolute Gasteiger partial charge is 0.322 e. The van der Waals surface area contributed by atoms with E-state index < -0.39 is 22.0 Å². The summed E-state index contributed by atoms with van der Waals surface area (Å²) in [6.07, 6.45) is 5.19. The molecule has 1 aromatic heterocycles. The fourth-order valence-corrected chi connectivity index (χ4v) is 8.00. The molecule has 0 bridgehead atoms. The molecular formula is C26H26N2O4S2. The maximum absolute atomic E-state index is 12.9. The molecule has 176 valence electrons. The van der Waals surface area contributed by atoms with E-state index in [4.69, 9.17) is 0 Å². The monoisotopic (exact) mass is 494 g/mol. The first kappa shape index (κ1) is 22.8. The zero-order valence-corrected chi connectivity index (χ0v) is 20.7. The number of aliphatic carboxylic acids is 1.